The Bertz CT molecular complexity index is 1210. The lowest BCUT2D eigenvalue weighted by molar-refractivity contribution is 0.102. The van der Waals surface area contributed by atoms with Crippen molar-refractivity contribution in [2.75, 3.05) is 23.3 Å². The van der Waals surface area contributed by atoms with Crippen molar-refractivity contribution in [3.63, 3.8) is 0 Å². The normalized spacial score (nSPS) is 12.8. The summed E-state index contributed by atoms with van der Waals surface area (Å²) in [6.07, 6.45) is 0. The van der Waals surface area contributed by atoms with Crippen molar-refractivity contribution in [3.8, 4) is 11.5 Å². The number of rotatable bonds is 5. The quantitative estimate of drug-likeness (QED) is 0.649. The highest BCUT2D eigenvalue weighted by Gasteiger charge is 2.20. The van der Waals surface area contributed by atoms with Gasteiger partial charge in [-0.1, -0.05) is 18.2 Å². The van der Waals surface area contributed by atoms with Crippen molar-refractivity contribution in [1.82, 2.24) is 0 Å². The maximum absolute atomic E-state index is 12.8. The number of hydrogen-bond donors (Lipinski definition) is 2. The number of nitrogens with one attached hydrogen (secondary N) is 2. The lowest BCUT2D eigenvalue weighted by atomic mass is 10.1. The number of fused-ring (bicyclic) bond motifs is 1. The van der Waals surface area contributed by atoms with E-state index in [2.05, 4.69) is 10.0 Å². The second-order valence-electron chi connectivity index (χ2n) is 6.82. The van der Waals surface area contributed by atoms with Crippen molar-refractivity contribution >= 4 is 27.3 Å². The Morgan fingerprint density at radius 2 is 1.60 bits per heavy atom. The maximum atomic E-state index is 12.8. The first-order valence-electron chi connectivity index (χ1n) is 9.31. The van der Waals surface area contributed by atoms with E-state index in [1.807, 2.05) is 25.1 Å². The average Bonchev–Trinajstić information content (AvgIpc) is 2.73. The van der Waals surface area contributed by atoms with Crippen LogP contribution in [-0.4, -0.2) is 27.5 Å². The summed E-state index contributed by atoms with van der Waals surface area (Å²) in [5, 5.41) is 2.81. The van der Waals surface area contributed by atoms with E-state index in [-0.39, 0.29) is 16.5 Å². The lowest BCUT2D eigenvalue weighted by Gasteiger charge is -2.19. The number of aryl methyl sites for hydroxylation is 1. The predicted octanol–water partition coefficient (Wildman–Crippen LogP) is 3.82. The monoisotopic (exact) mass is 424 g/mol. The molecule has 0 bridgehead atoms. The minimum atomic E-state index is -3.87. The van der Waals surface area contributed by atoms with Gasteiger partial charge in [0, 0.05) is 23.0 Å². The molecule has 3 aromatic carbocycles. The van der Waals surface area contributed by atoms with Gasteiger partial charge in [-0.3, -0.25) is 9.52 Å². The van der Waals surface area contributed by atoms with Gasteiger partial charge < -0.3 is 14.8 Å². The highest BCUT2D eigenvalue weighted by Crippen LogP contribution is 2.32. The van der Waals surface area contributed by atoms with Crippen molar-refractivity contribution in [3.05, 3.63) is 77.9 Å². The summed E-state index contributed by atoms with van der Waals surface area (Å²) in [7, 11) is -3.87. The van der Waals surface area contributed by atoms with Gasteiger partial charge in [0.15, 0.2) is 11.5 Å². The molecule has 1 aliphatic rings. The molecule has 30 heavy (non-hydrogen) atoms. The molecule has 1 amide bonds. The summed E-state index contributed by atoms with van der Waals surface area (Å²) >= 11 is 0. The molecule has 0 fully saturated rings. The number of benzene rings is 3. The van der Waals surface area contributed by atoms with Gasteiger partial charge in [-0.25, -0.2) is 8.42 Å². The molecule has 0 aliphatic carbocycles. The van der Waals surface area contributed by atoms with Crippen LogP contribution in [0.5, 0.6) is 11.5 Å². The standard InChI is InChI=1S/C22H20N2O5S/c1-15-4-2-6-17(12-15)23-22(25)16-5-3-7-18(13-16)24-30(26,27)19-8-9-20-21(14-19)29-11-10-28-20/h2-9,12-14,24H,10-11H2,1H3,(H,23,25). The van der Waals surface area contributed by atoms with Crippen LogP contribution in [0.1, 0.15) is 15.9 Å². The van der Waals surface area contributed by atoms with Crippen molar-refractivity contribution < 1.29 is 22.7 Å². The van der Waals surface area contributed by atoms with E-state index in [9.17, 15) is 13.2 Å². The number of hydrogen-bond acceptors (Lipinski definition) is 5. The average molecular weight is 424 g/mol. The summed E-state index contributed by atoms with van der Waals surface area (Å²) < 4.78 is 39.0. The molecule has 0 saturated carbocycles. The van der Waals surface area contributed by atoms with Crippen LogP contribution >= 0.6 is 0 Å². The molecule has 0 spiro atoms. The van der Waals surface area contributed by atoms with Crippen LogP contribution in [-0.2, 0) is 10.0 Å². The van der Waals surface area contributed by atoms with Gasteiger partial charge in [0.05, 0.1) is 4.90 Å². The smallest absolute Gasteiger partial charge is 0.262 e. The molecular weight excluding hydrogens is 404 g/mol. The van der Waals surface area contributed by atoms with Crippen molar-refractivity contribution in [2.45, 2.75) is 11.8 Å². The van der Waals surface area contributed by atoms with Crippen molar-refractivity contribution in [1.29, 1.82) is 0 Å². The second-order valence-corrected chi connectivity index (χ2v) is 8.50. The van der Waals surface area contributed by atoms with Crippen LogP contribution in [0.25, 0.3) is 0 Å². The first-order chi connectivity index (χ1) is 14.4. The van der Waals surface area contributed by atoms with E-state index in [1.165, 1.54) is 18.2 Å². The molecule has 8 heteroatoms. The number of carbonyl (C=O) groups excluding carboxylic acids is 1. The Kier molecular flexibility index (Phi) is 5.33. The summed E-state index contributed by atoms with van der Waals surface area (Å²) in [6.45, 7) is 2.72. The number of anilines is 2. The van der Waals surface area contributed by atoms with Crippen molar-refractivity contribution in [2.24, 2.45) is 0 Å². The molecule has 0 atom stereocenters. The van der Waals surface area contributed by atoms with Gasteiger partial charge in [0.25, 0.3) is 15.9 Å². The third-order valence-electron chi connectivity index (χ3n) is 4.48. The molecule has 0 saturated heterocycles. The van der Waals surface area contributed by atoms with E-state index in [1.54, 1.807) is 30.3 Å². The molecule has 0 radical (unpaired) electrons. The molecule has 1 aliphatic heterocycles. The molecule has 3 aromatic rings. The largest absolute Gasteiger partial charge is 0.486 e. The zero-order valence-corrected chi connectivity index (χ0v) is 17.0. The minimum Gasteiger partial charge on any atom is -0.486 e. The highest BCUT2D eigenvalue weighted by atomic mass is 32.2. The van der Waals surface area contributed by atoms with E-state index in [0.717, 1.165) is 5.56 Å². The molecule has 1 heterocycles. The summed E-state index contributed by atoms with van der Waals surface area (Å²) in [6, 6.07) is 18.2. The number of carbonyl (C=O) groups is 1. The maximum Gasteiger partial charge on any atom is 0.262 e. The highest BCUT2D eigenvalue weighted by molar-refractivity contribution is 7.92. The first-order valence-corrected chi connectivity index (χ1v) is 10.8. The Hall–Kier alpha value is -3.52. The van der Waals surface area contributed by atoms with Crippen LogP contribution in [0, 0.1) is 6.92 Å². The molecule has 0 aromatic heterocycles. The van der Waals surface area contributed by atoms with Gasteiger partial charge >= 0.3 is 0 Å². The second kappa shape index (κ2) is 8.08. The predicted molar refractivity (Wildman–Crippen MR) is 114 cm³/mol. The molecule has 154 valence electrons. The fourth-order valence-electron chi connectivity index (χ4n) is 3.05. The van der Waals surface area contributed by atoms with Crippen LogP contribution in [0.2, 0.25) is 0 Å². The molecule has 7 nitrogen and oxygen atoms in total. The van der Waals surface area contributed by atoms with E-state index in [0.29, 0.717) is 36.0 Å². The fourth-order valence-corrected chi connectivity index (χ4v) is 4.12. The van der Waals surface area contributed by atoms with Crippen LogP contribution < -0.4 is 19.5 Å². The topological polar surface area (TPSA) is 93.7 Å². The molecular formula is C22H20N2O5S. The summed E-state index contributed by atoms with van der Waals surface area (Å²) in [4.78, 5) is 12.6. The lowest BCUT2D eigenvalue weighted by Crippen LogP contribution is -2.17. The van der Waals surface area contributed by atoms with Crippen LogP contribution in [0.15, 0.2) is 71.6 Å². The zero-order valence-electron chi connectivity index (χ0n) is 16.2. The third-order valence-corrected chi connectivity index (χ3v) is 5.86. The minimum absolute atomic E-state index is 0.0429. The van der Waals surface area contributed by atoms with Gasteiger partial charge in [0.2, 0.25) is 0 Å². The zero-order chi connectivity index (χ0) is 21.1. The van der Waals surface area contributed by atoms with E-state index < -0.39 is 10.0 Å². The van der Waals surface area contributed by atoms with Gasteiger partial charge in [-0.15, -0.1) is 0 Å². The van der Waals surface area contributed by atoms with Gasteiger partial charge in [-0.05, 0) is 55.0 Å². The molecule has 2 N–H and O–H groups in total. The fraction of sp³-hybridized carbons (Fsp3) is 0.136. The number of sulfonamides is 1. The van der Waals surface area contributed by atoms with Crippen LogP contribution in [0.3, 0.4) is 0 Å². The third kappa shape index (κ3) is 4.38. The van der Waals surface area contributed by atoms with Crippen LogP contribution in [0.4, 0.5) is 11.4 Å². The Morgan fingerprint density at radius 1 is 0.867 bits per heavy atom. The summed E-state index contributed by atoms with van der Waals surface area (Å²) in [5.74, 6) is 0.561. The molecule has 4 rings (SSSR count). The SMILES string of the molecule is Cc1cccc(NC(=O)c2cccc(NS(=O)(=O)c3ccc4c(c3)OCCO4)c2)c1. The van der Waals surface area contributed by atoms with E-state index in [4.69, 9.17) is 9.47 Å². The first kappa shape index (κ1) is 19.8. The number of ether oxygens (including phenoxy) is 2. The molecule has 0 unspecified atom stereocenters. The van der Waals surface area contributed by atoms with E-state index >= 15 is 0 Å². The number of amides is 1. The Balaban J connectivity index is 1.53. The van der Waals surface area contributed by atoms with Gasteiger partial charge in [-0.2, -0.15) is 0 Å². The Labute approximate surface area is 174 Å². The van der Waals surface area contributed by atoms with Gasteiger partial charge in [0.1, 0.15) is 13.2 Å². The summed E-state index contributed by atoms with van der Waals surface area (Å²) in [5.41, 5.74) is 2.30. The Morgan fingerprint density at radius 3 is 2.40 bits per heavy atom.